The molecule has 0 heterocycles. The predicted molar refractivity (Wildman–Crippen MR) is 82.3 cm³/mol. The molecule has 6 heteroatoms. The van der Waals surface area contributed by atoms with Crippen LogP contribution in [0.1, 0.15) is 5.56 Å². The van der Waals surface area contributed by atoms with Gasteiger partial charge in [0.05, 0.1) is 6.21 Å². The minimum Gasteiger partial charge on any atom is -0.318 e. The Hall–Kier alpha value is -2.66. The molecule has 0 radical (unpaired) electrons. The molecular weight excluding hydrogens is 290 g/mol. The van der Waals surface area contributed by atoms with Crippen molar-refractivity contribution in [2.45, 2.75) is 0 Å². The molecule has 0 atom stereocenters. The SMILES string of the molecule is O=C(N/N=C\c1ccccc1Cl)C(=O)Nc1ccccc1. The van der Waals surface area contributed by atoms with Crippen LogP contribution >= 0.6 is 11.6 Å². The highest BCUT2D eigenvalue weighted by molar-refractivity contribution is 6.39. The molecule has 0 saturated heterocycles. The molecule has 0 aliphatic heterocycles. The second kappa shape index (κ2) is 7.21. The molecule has 0 saturated carbocycles. The highest BCUT2D eigenvalue weighted by Gasteiger charge is 2.12. The van der Waals surface area contributed by atoms with Gasteiger partial charge in [-0.3, -0.25) is 9.59 Å². The van der Waals surface area contributed by atoms with E-state index in [0.717, 1.165) is 0 Å². The molecule has 2 N–H and O–H groups in total. The maximum absolute atomic E-state index is 11.6. The van der Waals surface area contributed by atoms with Crippen LogP contribution in [-0.4, -0.2) is 18.0 Å². The number of hydrogen-bond acceptors (Lipinski definition) is 3. The highest BCUT2D eigenvalue weighted by Crippen LogP contribution is 2.12. The van der Waals surface area contributed by atoms with Crippen molar-refractivity contribution in [2.24, 2.45) is 5.10 Å². The number of halogens is 1. The molecule has 0 aliphatic carbocycles. The molecule has 0 aromatic heterocycles. The lowest BCUT2D eigenvalue weighted by atomic mass is 10.2. The molecule has 0 unspecified atom stereocenters. The van der Waals surface area contributed by atoms with Crippen LogP contribution in [0, 0.1) is 0 Å². The van der Waals surface area contributed by atoms with E-state index in [9.17, 15) is 9.59 Å². The average Bonchev–Trinajstić information content (AvgIpc) is 2.50. The number of anilines is 1. The summed E-state index contributed by atoms with van der Waals surface area (Å²) in [6.45, 7) is 0. The van der Waals surface area contributed by atoms with Gasteiger partial charge in [0, 0.05) is 16.3 Å². The zero-order valence-corrected chi connectivity index (χ0v) is 11.7. The zero-order valence-electron chi connectivity index (χ0n) is 10.9. The van der Waals surface area contributed by atoms with Gasteiger partial charge in [-0.05, 0) is 18.2 Å². The van der Waals surface area contributed by atoms with E-state index < -0.39 is 11.8 Å². The monoisotopic (exact) mass is 301 g/mol. The second-order valence-corrected chi connectivity index (χ2v) is 4.45. The van der Waals surface area contributed by atoms with Gasteiger partial charge < -0.3 is 5.32 Å². The molecule has 0 fully saturated rings. The number of hydrazone groups is 1. The Morgan fingerprint density at radius 3 is 2.33 bits per heavy atom. The first-order valence-corrected chi connectivity index (χ1v) is 6.48. The summed E-state index contributed by atoms with van der Waals surface area (Å²) < 4.78 is 0. The van der Waals surface area contributed by atoms with E-state index >= 15 is 0 Å². The van der Waals surface area contributed by atoms with Gasteiger partial charge in [-0.1, -0.05) is 48.0 Å². The quantitative estimate of drug-likeness (QED) is 0.519. The van der Waals surface area contributed by atoms with Crippen LogP contribution in [0.4, 0.5) is 5.69 Å². The van der Waals surface area contributed by atoms with Gasteiger partial charge in [0.25, 0.3) is 0 Å². The van der Waals surface area contributed by atoms with Crippen molar-refractivity contribution < 1.29 is 9.59 Å². The number of para-hydroxylation sites is 1. The third-order valence-corrected chi connectivity index (χ3v) is 2.86. The van der Waals surface area contributed by atoms with Crippen LogP contribution < -0.4 is 10.7 Å². The van der Waals surface area contributed by atoms with E-state index in [-0.39, 0.29) is 0 Å². The Morgan fingerprint density at radius 1 is 0.952 bits per heavy atom. The molecule has 2 aromatic rings. The van der Waals surface area contributed by atoms with Crippen LogP contribution in [-0.2, 0) is 9.59 Å². The van der Waals surface area contributed by atoms with Gasteiger partial charge >= 0.3 is 11.8 Å². The van der Waals surface area contributed by atoms with Crippen molar-refractivity contribution >= 4 is 35.3 Å². The third-order valence-electron chi connectivity index (χ3n) is 2.51. The van der Waals surface area contributed by atoms with E-state index in [1.807, 2.05) is 6.07 Å². The first-order chi connectivity index (χ1) is 10.2. The topological polar surface area (TPSA) is 70.6 Å². The van der Waals surface area contributed by atoms with E-state index in [4.69, 9.17) is 11.6 Å². The Kier molecular flexibility index (Phi) is 5.06. The van der Waals surface area contributed by atoms with Crippen molar-refractivity contribution in [2.75, 3.05) is 5.32 Å². The Morgan fingerprint density at radius 2 is 1.62 bits per heavy atom. The number of benzene rings is 2. The fourth-order valence-corrected chi connectivity index (χ4v) is 1.68. The molecule has 2 aromatic carbocycles. The number of carbonyl (C=O) groups is 2. The molecule has 2 rings (SSSR count). The zero-order chi connectivity index (χ0) is 15.1. The largest absolute Gasteiger partial charge is 0.329 e. The minimum atomic E-state index is -0.859. The normalized spacial score (nSPS) is 10.3. The fourth-order valence-electron chi connectivity index (χ4n) is 1.50. The smallest absolute Gasteiger partial charge is 0.318 e. The summed E-state index contributed by atoms with van der Waals surface area (Å²) in [7, 11) is 0. The molecule has 0 spiro atoms. The Balaban J connectivity index is 1.90. The van der Waals surface area contributed by atoms with Gasteiger partial charge in [-0.2, -0.15) is 5.10 Å². The molecule has 0 bridgehead atoms. The summed E-state index contributed by atoms with van der Waals surface area (Å²) >= 11 is 5.93. The van der Waals surface area contributed by atoms with Gasteiger partial charge in [0.1, 0.15) is 0 Å². The highest BCUT2D eigenvalue weighted by atomic mass is 35.5. The van der Waals surface area contributed by atoms with Crippen molar-refractivity contribution in [1.29, 1.82) is 0 Å². The number of hydrogen-bond donors (Lipinski definition) is 2. The van der Waals surface area contributed by atoms with Crippen molar-refractivity contribution in [3.63, 3.8) is 0 Å². The third kappa shape index (κ3) is 4.43. The van der Waals surface area contributed by atoms with Crippen molar-refractivity contribution in [1.82, 2.24) is 5.43 Å². The molecule has 2 amide bonds. The Bertz CT molecular complexity index is 672. The van der Waals surface area contributed by atoms with Crippen LogP contribution in [0.25, 0.3) is 0 Å². The van der Waals surface area contributed by atoms with Crippen LogP contribution in [0.2, 0.25) is 5.02 Å². The van der Waals surface area contributed by atoms with Gasteiger partial charge in [-0.15, -0.1) is 0 Å². The molecule has 21 heavy (non-hydrogen) atoms. The van der Waals surface area contributed by atoms with Crippen LogP contribution in [0.15, 0.2) is 59.7 Å². The van der Waals surface area contributed by atoms with Gasteiger partial charge in [0.15, 0.2) is 0 Å². The van der Waals surface area contributed by atoms with E-state index in [2.05, 4.69) is 15.8 Å². The van der Waals surface area contributed by atoms with Crippen LogP contribution in [0.3, 0.4) is 0 Å². The van der Waals surface area contributed by atoms with E-state index in [0.29, 0.717) is 16.3 Å². The summed E-state index contributed by atoms with van der Waals surface area (Å²) in [4.78, 5) is 23.2. The summed E-state index contributed by atoms with van der Waals surface area (Å²) in [5.41, 5.74) is 3.31. The summed E-state index contributed by atoms with van der Waals surface area (Å²) in [6.07, 6.45) is 1.37. The van der Waals surface area contributed by atoms with Crippen LogP contribution in [0.5, 0.6) is 0 Å². The molecule has 0 aliphatic rings. The van der Waals surface area contributed by atoms with Gasteiger partial charge in [-0.25, -0.2) is 5.43 Å². The lowest BCUT2D eigenvalue weighted by Gasteiger charge is -2.03. The molecule has 106 valence electrons. The second-order valence-electron chi connectivity index (χ2n) is 4.04. The average molecular weight is 302 g/mol. The van der Waals surface area contributed by atoms with Crippen molar-refractivity contribution in [3.05, 3.63) is 65.2 Å². The lowest BCUT2D eigenvalue weighted by Crippen LogP contribution is -2.32. The molecular formula is C15H12ClN3O2. The first-order valence-electron chi connectivity index (χ1n) is 6.11. The summed E-state index contributed by atoms with van der Waals surface area (Å²) in [5, 5.41) is 6.65. The Labute approximate surface area is 126 Å². The molecule has 5 nitrogen and oxygen atoms in total. The number of nitrogens with one attached hydrogen (secondary N) is 2. The summed E-state index contributed by atoms with van der Waals surface area (Å²) in [5.74, 6) is -1.65. The summed E-state index contributed by atoms with van der Waals surface area (Å²) in [6, 6.07) is 15.7. The number of amides is 2. The fraction of sp³-hybridized carbons (Fsp3) is 0. The van der Waals surface area contributed by atoms with Gasteiger partial charge in [0.2, 0.25) is 0 Å². The number of nitrogens with zero attached hydrogens (tertiary/aromatic N) is 1. The van der Waals surface area contributed by atoms with E-state index in [1.54, 1.807) is 48.5 Å². The maximum atomic E-state index is 11.6. The van der Waals surface area contributed by atoms with E-state index in [1.165, 1.54) is 6.21 Å². The number of carbonyl (C=O) groups excluding carboxylic acids is 2. The first kappa shape index (κ1) is 14.7. The minimum absolute atomic E-state index is 0.504. The lowest BCUT2D eigenvalue weighted by molar-refractivity contribution is -0.136. The maximum Gasteiger partial charge on any atom is 0.329 e. The van der Waals surface area contributed by atoms with Crippen molar-refractivity contribution in [3.8, 4) is 0 Å². The number of rotatable bonds is 3. The predicted octanol–water partition coefficient (Wildman–Crippen LogP) is 2.43. The standard InChI is InChI=1S/C15H12ClN3O2/c16-13-9-5-4-6-11(13)10-17-19-15(21)14(20)18-12-7-2-1-3-8-12/h1-10H,(H,18,20)(H,19,21)/b17-10-.